The minimum atomic E-state index is -4.77. The van der Waals surface area contributed by atoms with Gasteiger partial charge in [-0.05, 0) is 122 Å². The number of rotatable bonds is 57. The van der Waals surface area contributed by atoms with Gasteiger partial charge in [-0.2, -0.15) is 0 Å². The van der Waals surface area contributed by atoms with Gasteiger partial charge >= 0.3 is 25.7 Å². The van der Waals surface area contributed by atoms with Crippen LogP contribution in [0, 0.1) is 0 Å². The molecule has 0 fully saturated rings. The summed E-state index contributed by atoms with van der Waals surface area (Å²) in [5.41, 5.74) is 0. The number of allylic oxidation sites excluding steroid dienone is 16. The van der Waals surface area contributed by atoms with Crippen molar-refractivity contribution < 1.29 is 52.2 Å². The molecule has 12 heteroatoms. The highest BCUT2D eigenvalue weighted by molar-refractivity contribution is 7.47. The van der Waals surface area contributed by atoms with Crippen molar-refractivity contribution in [2.24, 2.45) is 0 Å². The SMILES string of the molecule is CC/C=C\C/C=C\C/C=C\CCCCCCCC(=O)OC(CO)COP(=O)(O)OCC(COC(=O)CCCCCCCC/C=C\C/C=C\C/C=C\CCCCC)OC(=O)CCCCCCCCC/C=C\C/C=C\CCCCC. The van der Waals surface area contributed by atoms with E-state index in [1.165, 1.54) is 64.2 Å². The Morgan fingerprint density at radius 1 is 0.372 bits per heavy atom. The first kappa shape index (κ1) is 74.4. The van der Waals surface area contributed by atoms with E-state index >= 15 is 0 Å². The van der Waals surface area contributed by atoms with Gasteiger partial charge in [0.2, 0.25) is 0 Å². The van der Waals surface area contributed by atoms with Crippen LogP contribution in [0.1, 0.15) is 265 Å². The van der Waals surface area contributed by atoms with E-state index in [0.717, 1.165) is 141 Å². The zero-order chi connectivity index (χ0) is 56.9. The Kier molecular flexibility index (Phi) is 56.8. The summed E-state index contributed by atoms with van der Waals surface area (Å²) in [4.78, 5) is 48.7. The number of hydrogen-bond donors (Lipinski definition) is 2. The predicted octanol–water partition coefficient (Wildman–Crippen LogP) is 18.8. The number of carbonyl (C=O) groups excluding carboxylic acids is 3. The molecule has 3 atom stereocenters. The van der Waals surface area contributed by atoms with E-state index in [1.807, 2.05) is 0 Å². The molecule has 3 unspecified atom stereocenters. The van der Waals surface area contributed by atoms with E-state index in [9.17, 15) is 28.9 Å². The maximum atomic E-state index is 12.9. The average Bonchev–Trinajstić information content (AvgIpc) is 3.43. The first-order valence-electron chi connectivity index (χ1n) is 31.1. The van der Waals surface area contributed by atoms with E-state index in [-0.39, 0.29) is 25.9 Å². The third-order valence-corrected chi connectivity index (χ3v) is 13.9. The number of aliphatic hydroxyl groups excluding tert-OH is 1. The van der Waals surface area contributed by atoms with Crippen LogP contribution in [0.2, 0.25) is 0 Å². The molecule has 0 rings (SSSR count). The van der Waals surface area contributed by atoms with Crippen molar-refractivity contribution in [1.29, 1.82) is 0 Å². The summed E-state index contributed by atoms with van der Waals surface area (Å²) in [6.45, 7) is 4.45. The Hall–Kier alpha value is -3.60. The molecule has 0 aliphatic rings. The van der Waals surface area contributed by atoms with Gasteiger partial charge in [0, 0.05) is 19.3 Å². The minimum Gasteiger partial charge on any atom is -0.462 e. The molecule has 0 bridgehead atoms. The molecule has 11 nitrogen and oxygen atoms in total. The lowest BCUT2D eigenvalue weighted by Gasteiger charge is -2.21. The fourth-order valence-electron chi connectivity index (χ4n) is 8.23. The summed E-state index contributed by atoms with van der Waals surface area (Å²) >= 11 is 0. The molecule has 0 heterocycles. The maximum absolute atomic E-state index is 12.9. The summed E-state index contributed by atoms with van der Waals surface area (Å²) in [5.74, 6) is -1.50. The van der Waals surface area contributed by atoms with Crippen LogP contribution in [0.5, 0.6) is 0 Å². The van der Waals surface area contributed by atoms with Crippen LogP contribution in [-0.4, -0.2) is 66.5 Å². The van der Waals surface area contributed by atoms with Crippen LogP contribution in [0.4, 0.5) is 0 Å². The van der Waals surface area contributed by atoms with Gasteiger partial charge < -0.3 is 24.2 Å². The molecule has 2 N–H and O–H groups in total. The topological polar surface area (TPSA) is 155 Å². The molecule has 0 aliphatic heterocycles. The largest absolute Gasteiger partial charge is 0.472 e. The van der Waals surface area contributed by atoms with Crippen LogP contribution in [-0.2, 0) is 42.2 Å². The van der Waals surface area contributed by atoms with Gasteiger partial charge in [0.05, 0.1) is 19.8 Å². The fourth-order valence-corrected chi connectivity index (χ4v) is 9.01. The lowest BCUT2D eigenvalue weighted by molar-refractivity contribution is -0.161. The highest BCUT2D eigenvalue weighted by atomic mass is 31.2. The second-order valence-electron chi connectivity index (χ2n) is 20.5. The molecule has 0 aliphatic carbocycles. The van der Waals surface area contributed by atoms with Gasteiger partial charge in [0.1, 0.15) is 12.7 Å². The molecule has 0 saturated heterocycles. The number of carbonyl (C=O) groups is 3. The van der Waals surface area contributed by atoms with Gasteiger partial charge in [0.25, 0.3) is 0 Å². The first-order valence-corrected chi connectivity index (χ1v) is 32.6. The lowest BCUT2D eigenvalue weighted by Crippen LogP contribution is -2.30. The van der Waals surface area contributed by atoms with Crippen molar-refractivity contribution in [3.05, 3.63) is 97.2 Å². The second-order valence-corrected chi connectivity index (χ2v) is 21.9. The lowest BCUT2D eigenvalue weighted by atomic mass is 10.1. The van der Waals surface area contributed by atoms with Gasteiger partial charge in [0.15, 0.2) is 6.10 Å². The average molecular weight is 1110 g/mol. The third kappa shape index (κ3) is 57.1. The first-order chi connectivity index (χ1) is 38.2. The molecule has 0 aromatic rings. The zero-order valence-electron chi connectivity index (χ0n) is 49.6. The van der Waals surface area contributed by atoms with Crippen LogP contribution in [0.25, 0.3) is 0 Å². The van der Waals surface area contributed by atoms with Crippen molar-refractivity contribution in [3.63, 3.8) is 0 Å². The highest BCUT2D eigenvalue weighted by Crippen LogP contribution is 2.43. The summed E-state index contributed by atoms with van der Waals surface area (Å²) < 4.78 is 39.6. The molecular formula is C66H113O11P. The maximum Gasteiger partial charge on any atom is 0.472 e. The van der Waals surface area contributed by atoms with Gasteiger partial charge in [-0.3, -0.25) is 23.4 Å². The highest BCUT2D eigenvalue weighted by Gasteiger charge is 2.28. The summed E-state index contributed by atoms with van der Waals surface area (Å²) in [7, 11) is -4.77. The van der Waals surface area contributed by atoms with Crippen molar-refractivity contribution in [3.8, 4) is 0 Å². The summed E-state index contributed by atoms with van der Waals surface area (Å²) in [6, 6.07) is 0. The van der Waals surface area contributed by atoms with Crippen LogP contribution >= 0.6 is 7.82 Å². The number of ether oxygens (including phenoxy) is 3. The van der Waals surface area contributed by atoms with E-state index in [0.29, 0.717) is 19.3 Å². The molecule has 0 aromatic carbocycles. The van der Waals surface area contributed by atoms with Gasteiger partial charge in [-0.15, -0.1) is 0 Å². The number of phosphoric ester groups is 1. The molecule has 0 aromatic heterocycles. The summed E-state index contributed by atoms with van der Waals surface area (Å²) in [6.07, 6.45) is 70.6. The van der Waals surface area contributed by atoms with Crippen LogP contribution < -0.4 is 0 Å². The Bertz CT molecular complexity index is 1680. The fraction of sp³-hybridized carbons (Fsp3) is 0.712. The van der Waals surface area contributed by atoms with Crippen molar-refractivity contribution in [2.75, 3.05) is 26.4 Å². The number of aliphatic hydroxyl groups is 1. The number of phosphoric acid groups is 1. The molecule has 448 valence electrons. The quantitative estimate of drug-likeness (QED) is 0.0197. The van der Waals surface area contributed by atoms with E-state index in [1.54, 1.807) is 0 Å². The Morgan fingerprint density at radius 2 is 0.667 bits per heavy atom. The van der Waals surface area contributed by atoms with Crippen LogP contribution in [0.15, 0.2) is 97.2 Å². The Morgan fingerprint density at radius 3 is 1.03 bits per heavy atom. The van der Waals surface area contributed by atoms with Gasteiger partial charge in [-0.1, -0.05) is 221 Å². The normalized spacial score (nSPS) is 14.0. The molecule has 0 radical (unpaired) electrons. The second kappa shape index (κ2) is 59.5. The van der Waals surface area contributed by atoms with Crippen molar-refractivity contribution in [2.45, 2.75) is 277 Å². The van der Waals surface area contributed by atoms with Crippen molar-refractivity contribution in [1.82, 2.24) is 0 Å². The molecule has 0 spiro atoms. The Balaban J connectivity index is 4.77. The smallest absolute Gasteiger partial charge is 0.462 e. The third-order valence-electron chi connectivity index (χ3n) is 13.0. The van der Waals surface area contributed by atoms with E-state index in [2.05, 4.69) is 118 Å². The molecular weight excluding hydrogens is 1000 g/mol. The van der Waals surface area contributed by atoms with Crippen molar-refractivity contribution >= 4 is 25.7 Å². The molecule has 78 heavy (non-hydrogen) atoms. The molecule has 0 amide bonds. The number of hydrogen-bond acceptors (Lipinski definition) is 10. The van der Waals surface area contributed by atoms with Crippen LogP contribution in [0.3, 0.4) is 0 Å². The predicted molar refractivity (Wildman–Crippen MR) is 325 cm³/mol. The number of esters is 3. The molecule has 0 saturated carbocycles. The monoisotopic (exact) mass is 1110 g/mol. The van der Waals surface area contributed by atoms with E-state index in [4.69, 9.17) is 23.3 Å². The van der Waals surface area contributed by atoms with E-state index < -0.39 is 57.8 Å². The Labute approximate surface area is 476 Å². The minimum absolute atomic E-state index is 0.151. The summed E-state index contributed by atoms with van der Waals surface area (Å²) in [5, 5.41) is 9.84. The van der Waals surface area contributed by atoms with Gasteiger partial charge in [-0.25, -0.2) is 4.57 Å². The zero-order valence-corrected chi connectivity index (χ0v) is 50.5. The standard InChI is InChI=1S/C66H113O11P/c1-4-7-10-13-16-19-22-25-28-30-31-33-35-37-40-43-46-49-52-55-64(68)73-59-63(77-66(70)57-54-51-48-45-42-39-36-32-29-26-23-20-17-14-11-8-5-2)61-75-78(71,72)74-60-62(58-67)76-65(69)56-53-50-47-44-41-38-34-27-24-21-18-15-12-9-6-3/h9,12,16-21,25-29,31,33-34,62-63,67H,4-8,10-11,13-15,22-24,30,32,35-61H2,1-3H3,(H,71,72)/b12-9-,19-16-,20-17-,21-18-,28-25-,29-26-,33-31-,34-27-. The number of unbranched alkanes of at least 4 members (excludes halogenated alkanes) is 24.